The van der Waals surface area contributed by atoms with Crippen LogP contribution in [0, 0.1) is 0 Å². The van der Waals surface area contributed by atoms with Crippen molar-refractivity contribution < 1.29 is 4.74 Å². The number of para-hydroxylation sites is 1. The summed E-state index contributed by atoms with van der Waals surface area (Å²) in [4.78, 5) is 2.55. The van der Waals surface area contributed by atoms with Gasteiger partial charge in [0.1, 0.15) is 0 Å². The number of nitrogens with zero attached hydrogens (tertiary/aromatic N) is 1. The van der Waals surface area contributed by atoms with Gasteiger partial charge in [-0.3, -0.25) is 4.90 Å². The second-order valence-corrected chi connectivity index (χ2v) is 6.34. The van der Waals surface area contributed by atoms with Gasteiger partial charge in [-0.05, 0) is 38.4 Å². The first-order valence-electron chi connectivity index (χ1n) is 7.33. The Labute approximate surface area is 115 Å². The van der Waals surface area contributed by atoms with Gasteiger partial charge in [-0.2, -0.15) is 0 Å². The van der Waals surface area contributed by atoms with Crippen molar-refractivity contribution in [2.75, 3.05) is 38.1 Å². The quantitative estimate of drug-likeness (QED) is 0.904. The molecule has 3 rings (SSSR count). The molecule has 104 valence electrons. The van der Waals surface area contributed by atoms with E-state index in [0.29, 0.717) is 5.92 Å². The van der Waals surface area contributed by atoms with E-state index in [1.165, 1.54) is 24.2 Å². The molecular formula is C16H24N2O. The molecule has 2 heterocycles. The predicted octanol–water partition coefficient (Wildman–Crippen LogP) is 2.70. The van der Waals surface area contributed by atoms with Gasteiger partial charge < -0.3 is 10.1 Å². The van der Waals surface area contributed by atoms with E-state index < -0.39 is 0 Å². The highest BCUT2D eigenvalue weighted by Crippen LogP contribution is 2.33. The summed E-state index contributed by atoms with van der Waals surface area (Å²) in [7, 11) is 0. The van der Waals surface area contributed by atoms with Crippen molar-refractivity contribution in [3.63, 3.8) is 0 Å². The van der Waals surface area contributed by atoms with Crippen molar-refractivity contribution in [3.8, 4) is 0 Å². The third kappa shape index (κ3) is 2.93. The van der Waals surface area contributed by atoms with Crippen molar-refractivity contribution in [3.05, 3.63) is 29.8 Å². The predicted molar refractivity (Wildman–Crippen MR) is 78.8 cm³/mol. The first kappa shape index (κ1) is 12.9. The highest BCUT2D eigenvalue weighted by molar-refractivity contribution is 5.57. The number of rotatable bonds is 3. The first-order chi connectivity index (χ1) is 9.14. The van der Waals surface area contributed by atoms with Crippen LogP contribution in [0.1, 0.15) is 31.7 Å². The molecule has 0 spiro atoms. The van der Waals surface area contributed by atoms with Crippen LogP contribution in [0.25, 0.3) is 0 Å². The zero-order valence-corrected chi connectivity index (χ0v) is 12.0. The lowest BCUT2D eigenvalue weighted by atomic mass is 9.97. The van der Waals surface area contributed by atoms with E-state index in [1.807, 2.05) is 0 Å². The maximum atomic E-state index is 5.77. The lowest BCUT2D eigenvalue weighted by molar-refractivity contribution is -0.0862. The number of ether oxygens (including phenoxy) is 1. The van der Waals surface area contributed by atoms with E-state index >= 15 is 0 Å². The molecule has 0 radical (unpaired) electrons. The van der Waals surface area contributed by atoms with Gasteiger partial charge in [0.05, 0.1) is 12.2 Å². The van der Waals surface area contributed by atoms with Gasteiger partial charge >= 0.3 is 0 Å². The summed E-state index contributed by atoms with van der Waals surface area (Å²) in [6.45, 7) is 9.63. The van der Waals surface area contributed by atoms with Gasteiger partial charge in [-0.25, -0.2) is 0 Å². The van der Waals surface area contributed by atoms with E-state index in [9.17, 15) is 0 Å². The second kappa shape index (κ2) is 5.14. The molecule has 0 aliphatic carbocycles. The maximum absolute atomic E-state index is 5.77. The van der Waals surface area contributed by atoms with Crippen LogP contribution in [-0.2, 0) is 4.74 Å². The van der Waals surface area contributed by atoms with Crippen molar-refractivity contribution in [1.82, 2.24) is 4.90 Å². The van der Waals surface area contributed by atoms with Crippen molar-refractivity contribution in [2.24, 2.45) is 0 Å². The summed E-state index contributed by atoms with van der Waals surface area (Å²) in [5.41, 5.74) is 2.84. The Kier molecular flexibility index (Phi) is 3.50. The molecule has 1 aromatic carbocycles. The van der Waals surface area contributed by atoms with Crippen LogP contribution in [-0.4, -0.2) is 43.3 Å². The molecule has 0 amide bonds. The highest BCUT2D eigenvalue weighted by Gasteiger charge is 2.28. The molecule has 1 saturated heterocycles. The topological polar surface area (TPSA) is 24.5 Å². The molecule has 0 bridgehead atoms. The lowest BCUT2D eigenvalue weighted by Crippen LogP contribution is -2.48. The van der Waals surface area contributed by atoms with E-state index in [-0.39, 0.29) is 5.60 Å². The van der Waals surface area contributed by atoms with Crippen molar-refractivity contribution in [2.45, 2.75) is 31.8 Å². The lowest BCUT2D eigenvalue weighted by Gasteiger charge is -2.38. The number of hydrogen-bond acceptors (Lipinski definition) is 3. The normalized spacial score (nSPS) is 25.9. The first-order valence-corrected chi connectivity index (χ1v) is 7.33. The van der Waals surface area contributed by atoms with Gasteiger partial charge in [0, 0.05) is 31.2 Å². The molecule has 1 atom stereocenters. The molecule has 2 aliphatic rings. The average Bonchev–Trinajstić information content (AvgIpc) is 2.78. The molecule has 2 aliphatic heterocycles. The number of nitrogens with one attached hydrogen (secondary N) is 1. The summed E-state index contributed by atoms with van der Waals surface area (Å²) >= 11 is 0. The molecule has 0 saturated carbocycles. The fraction of sp³-hybridized carbons (Fsp3) is 0.625. The van der Waals surface area contributed by atoms with E-state index in [4.69, 9.17) is 4.74 Å². The fourth-order valence-electron chi connectivity index (χ4n) is 3.26. The Morgan fingerprint density at radius 2 is 2.21 bits per heavy atom. The second-order valence-electron chi connectivity index (χ2n) is 6.34. The minimum absolute atomic E-state index is 0.0179. The minimum atomic E-state index is 0.0179. The van der Waals surface area contributed by atoms with Gasteiger partial charge in [0.15, 0.2) is 0 Å². The third-order valence-corrected chi connectivity index (χ3v) is 4.24. The average molecular weight is 260 g/mol. The Bertz CT molecular complexity index is 444. The van der Waals surface area contributed by atoms with Crippen LogP contribution in [0.3, 0.4) is 0 Å². The molecule has 3 nitrogen and oxygen atoms in total. The number of anilines is 1. The van der Waals surface area contributed by atoms with Crippen molar-refractivity contribution in [1.29, 1.82) is 0 Å². The van der Waals surface area contributed by atoms with Crippen LogP contribution in [0.4, 0.5) is 5.69 Å². The molecular weight excluding hydrogens is 236 g/mol. The zero-order chi connectivity index (χ0) is 13.3. The third-order valence-electron chi connectivity index (χ3n) is 4.24. The van der Waals surface area contributed by atoms with Gasteiger partial charge in [-0.15, -0.1) is 0 Å². The number of benzene rings is 1. The van der Waals surface area contributed by atoms with Gasteiger partial charge in [-0.1, -0.05) is 18.2 Å². The fourth-order valence-corrected chi connectivity index (χ4v) is 3.26. The molecule has 1 fully saturated rings. The Balaban J connectivity index is 1.56. The molecule has 1 N–H and O–H groups in total. The molecule has 19 heavy (non-hydrogen) atoms. The summed E-state index contributed by atoms with van der Waals surface area (Å²) in [6.07, 6.45) is 1.24. The number of fused-ring (bicyclic) bond motifs is 1. The van der Waals surface area contributed by atoms with E-state index in [0.717, 1.165) is 26.2 Å². The Hall–Kier alpha value is -1.06. The Morgan fingerprint density at radius 3 is 3.05 bits per heavy atom. The molecule has 1 unspecified atom stereocenters. The summed E-state index contributed by atoms with van der Waals surface area (Å²) in [5, 5.41) is 3.51. The number of hydrogen-bond donors (Lipinski definition) is 1. The van der Waals surface area contributed by atoms with Crippen LogP contribution < -0.4 is 5.32 Å². The summed E-state index contributed by atoms with van der Waals surface area (Å²) in [5.74, 6) is 0.669. The maximum Gasteiger partial charge on any atom is 0.0753 e. The SMILES string of the molecule is CC1(C)CN(CCC2CNc3ccccc32)CCO1. The summed E-state index contributed by atoms with van der Waals surface area (Å²) in [6, 6.07) is 8.71. The van der Waals surface area contributed by atoms with Crippen LogP contribution in [0.5, 0.6) is 0 Å². The molecule has 0 aromatic heterocycles. The minimum Gasteiger partial charge on any atom is -0.384 e. The van der Waals surface area contributed by atoms with Crippen LogP contribution in [0.2, 0.25) is 0 Å². The monoisotopic (exact) mass is 260 g/mol. The molecule has 3 heteroatoms. The van der Waals surface area contributed by atoms with E-state index in [2.05, 4.69) is 48.3 Å². The standard InChI is InChI=1S/C16H24N2O/c1-16(2)12-18(9-10-19-16)8-7-13-11-17-15-6-4-3-5-14(13)15/h3-6,13,17H,7-12H2,1-2H3. The van der Waals surface area contributed by atoms with Crippen LogP contribution >= 0.6 is 0 Å². The van der Waals surface area contributed by atoms with Gasteiger partial charge in [0.25, 0.3) is 0 Å². The summed E-state index contributed by atoms with van der Waals surface area (Å²) < 4.78 is 5.77. The zero-order valence-electron chi connectivity index (χ0n) is 12.0. The highest BCUT2D eigenvalue weighted by atomic mass is 16.5. The van der Waals surface area contributed by atoms with Gasteiger partial charge in [0.2, 0.25) is 0 Å². The van der Waals surface area contributed by atoms with Crippen molar-refractivity contribution >= 4 is 5.69 Å². The molecule has 1 aromatic rings. The largest absolute Gasteiger partial charge is 0.384 e. The number of morpholine rings is 1. The van der Waals surface area contributed by atoms with E-state index in [1.54, 1.807) is 0 Å². The van der Waals surface area contributed by atoms with Crippen LogP contribution in [0.15, 0.2) is 24.3 Å². The smallest absolute Gasteiger partial charge is 0.0753 e. The Morgan fingerprint density at radius 1 is 1.37 bits per heavy atom.